The summed E-state index contributed by atoms with van der Waals surface area (Å²) >= 11 is 3.51. The molecule has 3 rings (SSSR count). The lowest BCUT2D eigenvalue weighted by atomic mass is 10.1. The number of rotatable bonds is 5. The van der Waals surface area contributed by atoms with Crippen LogP contribution in [0.5, 0.6) is 0 Å². The van der Waals surface area contributed by atoms with Gasteiger partial charge in [0.2, 0.25) is 0 Å². The van der Waals surface area contributed by atoms with Crippen LogP contribution < -0.4 is 5.32 Å². The van der Waals surface area contributed by atoms with E-state index in [1.54, 1.807) is 6.07 Å². The lowest BCUT2D eigenvalue weighted by Gasteiger charge is -2.16. The number of amides is 1. The summed E-state index contributed by atoms with van der Waals surface area (Å²) in [5.74, 6) is -0.462. The van der Waals surface area contributed by atoms with Crippen LogP contribution in [0.4, 0.5) is 8.78 Å². The number of halogens is 3. The predicted octanol–water partition coefficient (Wildman–Crippen LogP) is 3.81. The van der Waals surface area contributed by atoms with Gasteiger partial charge in [-0.15, -0.1) is 11.3 Å². The maximum absolute atomic E-state index is 14.0. The van der Waals surface area contributed by atoms with Gasteiger partial charge in [0.1, 0.15) is 16.8 Å². The Labute approximate surface area is 157 Å². The van der Waals surface area contributed by atoms with Crippen molar-refractivity contribution in [1.29, 1.82) is 0 Å². The van der Waals surface area contributed by atoms with Gasteiger partial charge in [0, 0.05) is 26.2 Å². The molecule has 0 aliphatic heterocycles. The fourth-order valence-electron chi connectivity index (χ4n) is 2.14. The van der Waals surface area contributed by atoms with Crippen LogP contribution in [-0.2, 0) is 16.8 Å². The average Bonchev–Trinajstić information content (AvgIpc) is 3.19. The van der Waals surface area contributed by atoms with Crippen LogP contribution in [0.25, 0.3) is 10.1 Å². The molecule has 0 fully saturated rings. The zero-order chi connectivity index (χ0) is 19.1. The maximum Gasteiger partial charge on any atom is 0.400 e. The number of nitrogens with zero attached hydrogens (tertiary/aromatic N) is 1. The first-order valence-corrected chi connectivity index (χ1v) is 10.2. The van der Waals surface area contributed by atoms with Gasteiger partial charge in [0.05, 0.1) is 6.54 Å². The van der Waals surface area contributed by atoms with Gasteiger partial charge in [-0.05, 0) is 34.1 Å². The minimum atomic E-state index is -5.69. The van der Waals surface area contributed by atoms with E-state index in [1.165, 1.54) is 24.5 Å². The Morgan fingerprint density at radius 1 is 1.38 bits per heavy atom. The summed E-state index contributed by atoms with van der Waals surface area (Å²) in [6.07, 6.45) is 1.36. The third-order valence-corrected chi connectivity index (χ3v) is 6.88. The monoisotopic (exact) mass is 466 g/mol. The van der Waals surface area contributed by atoms with Crippen molar-refractivity contribution in [3.05, 3.63) is 51.1 Å². The van der Waals surface area contributed by atoms with E-state index in [2.05, 4.69) is 30.9 Å². The molecule has 1 amide bonds. The number of alkyl halides is 2. The van der Waals surface area contributed by atoms with Gasteiger partial charge in [0.15, 0.2) is 0 Å². The largest absolute Gasteiger partial charge is 0.400 e. The van der Waals surface area contributed by atoms with E-state index in [9.17, 15) is 18.1 Å². The molecule has 3 N–H and O–H groups in total. The summed E-state index contributed by atoms with van der Waals surface area (Å²) in [4.78, 5) is 29.3. The zero-order valence-electron chi connectivity index (χ0n) is 12.6. The third kappa shape index (κ3) is 3.45. The topological polar surface area (TPSA) is 113 Å². The van der Waals surface area contributed by atoms with E-state index in [0.717, 1.165) is 0 Å². The average molecular weight is 467 g/mol. The highest BCUT2D eigenvalue weighted by Gasteiger charge is 2.53. The number of carbonyl (C=O) groups is 1. The highest BCUT2D eigenvalue weighted by atomic mass is 79.9. The summed E-state index contributed by atoms with van der Waals surface area (Å²) in [6.45, 7) is 0.125. The molecule has 0 unspecified atom stereocenters. The number of benzene rings is 1. The van der Waals surface area contributed by atoms with E-state index < -0.39 is 24.0 Å². The summed E-state index contributed by atoms with van der Waals surface area (Å²) in [5, 5.41) is 6.50. The lowest BCUT2D eigenvalue weighted by Crippen LogP contribution is -2.22. The lowest BCUT2D eigenvalue weighted by molar-refractivity contribution is 0.0595. The second kappa shape index (κ2) is 6.82. The van der Waals surface area contributed by atoms with Gasteiger partial charge in [-0.3, -0.25) is 9.36 Å². The molecule has 0 radical (unpaired) electrons. The number of thiophene rings is 1. The smallest absolute Gasteiger partial charge is 0.364 e. The minimum absolute atomic E-state index is 0.125. The molecule has 3 aromatic rings. The van der Waals surface area contributed by atoms with Gasteiger partial charge in [0.25, 0.3) is 5.91 Å². The van der Waals surface area contributed by atoms with Gasteiger partial charge in [-0.25, -0.2) is 0 Å². The Kier molecular flexibility index (Phi) is 5.02. The summed E-state index contributed by atoms with van der Waals surface area (Å²) in [5.41, 5.74) is -3.62. The Hall–Kier alpha value is -1.65. The normalized spacial score (nSPS) is 12.5. The molecule has 12 heteroatoms. The second-order valence-electron chi connectivity index (χ2n) is 5.21. The van der Waals surface area contributed by atoms with Crippen LogP contribution in [0.2, 0.25) is 0 Å². The highest BCUT2D eigenvalue weighted by Crippen LogP contribution is 2.62. The van der Waals surface area contributed by atoms with Gasteiger partial charge >= 0.3 is 13.3 Å². The summed E-state index contributed by atoms with van der Waals surface area (Å²) in [6, 6.07) is 5.82. The van der Waals surface area contributed by atoms with Crippen molar-refractivity contribution >= 4 is 50.9 Å². The first-order valence-electron chi connectivity index (χ1n) is 6.94. The summed E-state index contributed by atoms with van der Waals surface area (Å²) < 4.78 is 44.0. The second-order valence-corrected chi connectivity index (χ2v) is 8.71. The zero-order valence-corrected chi connectivity index (χ0v) is 15.9. The van der Waals surface area contributed by atoms with Crippen molar-refractivity contribution in [2.24, 2.45) is 0 Å². The van der Waals surface area contributed by atoms with E-state index in [-0.39, 0.29) is 22.0 Å². The fraction of sp³-hybridized carbons (Fsp3) is 0.143. The van der Waals surface area contributed by atoms with E-state index in [0.29, 0.717) is 21.7 Å². The Morgan fingerprint density at radius 2 is 2.12 bits per heavy atom. The number of fused-ring (bicyclic) bond motifs is 1. The maximum atomic E-state index is 14.0. The fourth-order valence-corrected chi connectivity index (χ4v) is 5.06. The van der Waals surface area contributed by atoms with Crippen molar-refractivity contribution in [3.63, 3.8) is 0 Å². The van der Waals surface area contributed by atoms with E-state index in [4.69, 9.17) is 9.79 Å². The molecule has 0 aliphatic carbocycles. The third-order valence-electron chi connectivity index (χ3n) is 3.45. The molecule has 26 heavy (non-hydrogen) atoms. The predicted molar refractivity (Wildman–Crippen MR) is 93.1 cm³/mol. The molecule has 1 aromatic carbocycles. The number of aromatic nitrogens is 1. The first kappa shape index (κ1) is 19.1. The van der Waals surface area contributed by atoms with E-state index >= 15 is 0 Å². The number of hydrogen-bond donors (Lipinski definition) is 3. The Balaban J connectivity index is 1.93. The molecule has 138 valence electrons. The van der Waals surface area contributed by atoms with Crippen LogP contribution in [0, 0.1) is 0 Å². The Morgan fingerprint density at radius 3 is 2.73 bits per heavy atom. The SMILES string of the molecule is O=C(NCc1ccon1)c1ccc2sc(C(F)(F)P(=O)(O)O)c(Br)c2c1. The van der Waals surface area contributed by atoms with Crippen LogP contribution in [0.3, 0.4) is 0 Å². The molecule has 0 saturated carbocycles. The van der Waals surface area contributed by atoms with Crippen molar-refractivity contribution < 1.29 is 32.5 Å². The quantitative estimate of drug-likeness (QED) is 0.492. The van der Waals surface area contributed by atoms with Gasteiger partial charge in [-0.2, -0.15) is 8.78 Å². The van der Waals surface area contributed by atoms with Gasteiger partial charge < -0.3 is 19.6 Å². The van der Waals surface area contributed by atoms with Crippen LogP contribution in [-0.4, -0.2) is 20.9 Å². The molecule has 0 spiro atoms. The molecule has 0 atom stereocenters. The molecule has 7 nitrogen and oxygen atoms in total. The van der Waals surface area contributed by atoms with Crippen molar-refractivity contribution in [1.82, 2.24) is 10.5 Å². The summed E-state index contributed by atoms with van der Waals surface area (Å²) in [7, 11) is -5.69. The van der Waals surface area contributed by atoms with Crippen molar-refractivity contribution in [2.45, 2.75) is 12.2 Å². The Bertz CT molecular complexity index is 1020. The van der Waals surface area contributed by atoms with Crippen LogP contribution in [0.15, 0.2) is 39.5 Å². The highest BCUT2D eigenvalue weighted by molar-refractivity contribution is 9.10. The number of carbonyl (C=O) groups excluding carboxylic acids is 1. The van der Waals surface area contributed by atoms with E-state index in [1.807, 2.05) is 0 Å². The van der Waals surface area contributed by atoms with Crippen molar-refractivity contribution in [3.8, 4) is 0 Å². The molecular formula is C14H10BrF2N2O5PS. The molecule has 2 heterocycles. The van der Waals surface area contributed by atoms with Crippen LogP contribution in [0.1, 0.15) is 20.9 Å². The standard InChI is InChI=1S/C14H10BrF2N2O5PS/c15-11-9-5-7(13(20)18-6-8-3-4-24-19-8)1-2-10(9)26-12(11)14(16,17)25(21,22)23/h1-5H,6H2,(H,18,20)(H2,21,22,23). The number of hydrogen-bond acceptors (Lipinski definition) is 5. The van der Waals surface area contributed by atoms with Gasteiger partial charge in [-0.1, -0.05) is 5.16 Å². The molecular weight excluding hydrogens is 457 g/mol. The molecule has 0 aliphatic rings. The van der Waals surface area contributed by atoms with Crippen LogP contribution >= 0.6 is 34.9 Å². The minimum Gasteiger partial charge on any atom is -0.364 e. The van der Waals surface area contributed by atoms with Crippen molar-refractivity contribution in [2.75, 3.05) is 0 Å². The molecule has 2 aromatic heterocycles. The first-order chi connectivity index (χ1) is 12.1. The molecule has 0 saturated heterocycles. The molecule has 0 bridgehead atoms. The number of nitrogens with one attached hydrogen (secondary N) is 1.